The summed E-state index contributed by atoms with van der Waals surface area (Å²) >= 11 is 0. The molecule has 4 rings (SSSR count). The van der Waals surface area contributed by atoms with Crippen LogP contribution < -0.4 is 9.64 Å². The molecule has 1 N–H and O–H groups in total. The Kier molecular flexibility index (Phi) is 8.21. The summed E-state index contributed by atoms with van der Waals surface area (Å²) in [5.41, 5.74) is 5.52. The fourth-order valence-electron chi connectivity index (χ4n) is 4.19. The minimum atomic E-state index is -0.871. The van der Waals surface area contributed by atoms with Gasteiger partial charge in [-0.2, -0.15) is 5.10 Å². The van der Waals surface area contributed by atoms with Crippen molar-refractivity contribution in [3.8, 4) is 16.9 Å². The van der Waals surface area contributed by atoms with Gasteiger partial charge in [-0.1, -0.05) is 31.5 Å². The number of carboxylic acid groups (broad SMARTS) is 1. The summed E-state index contributed by atoms with van der Waals surface area (Å²) in [6.07, 6.45) is 8.33. The van der Waals surface area contributed by atoms with Gasteiger partial charge in [0.1, 0.15) is 12.4 Å². The lowest BCUT2D eigenvalue weighted by Gasteiger charge is -2.25. The Morgan fingerprint density at radius 3 is 2.60 bits per heavy atom. The molecule has 0 amide bonds. The predicted molar refractivity (Wildman–Crippen MR) is 138 cm³/mol. The van der Waals surface area contributed by atoms with Crippen molar-refractivity contribution in [2.75, 3.05) is 31.3 Å². The zero-order valence-electron chi connectivity index (χ0n) is 20.4. The highest BCUT2D eigenvalue weighted by atomic mass is 16.5. The number of carbonyl (C=O) groups is 1. The first-order valence-corrected chi connectivity index (χ1v) is 12.1. The molecule has 0 spiro atoms. The van der Waals surface area contributed by atoms with Crippen LogP contribution in [-0.2, 0) is 23.1 Å². The van der Waals surface area contributed by atoms with Crippen LogP contribution in [0.1, 0.15) is 37.3 Å². The number of aliphatic carboxylic acids is 1. The van der Waals surface area contributed by atoms with E-state index < -0.39 is 5.97 Å². The van der Waals surface area contributed by atoms with Gasteiger partial charge in [0.15, 0.2) is 0 Å². The number of unbranched alkanes of at least 4 members (excludes halogenated alkanes) is 1. The van der Waals surface area contributed by atoms with Crippen molar-refractivity contribution in [3.05, 3.63) is 71.6 Å². The van der Waals surface area contributed by atoms with Gasteiger partial charge in [0.25, 0.3) is 0 Å². The molecule has 35 heavy (non-hydrogen) atoms. The highest BCUT2D eigenvalue weighted by Gasteiger charge is 2.20. The van der Waals surface area contributed by atoms with Crippen molar-refractivity contribution >= 4 is 17.7 Å². The van der Waals surface area contributed by atoms with E-state index in [1.165, 1.54) is 0 Å². The van der Waals surface area contributed by atoms with Crippen molar-refractivity contribution in [2.24, 2.45) is 7.05 Å². The summed E-state index contributed by atoms with van der Waals surface area (Å²) in [7, 11) is 1.90. The van der Waals surface area contributed by atoms with Gasteiger partial charge in [-0.15, -0.1) is 0 Å². The molecule has 0 radical (unpaired) electrons. The van der Waals surface area contributed by atoms with Crippen LogP contribution in [0.5, 0.6) is 5.75 Å². The van der Waals surface area contributed by atoms with Crippen LogP contribution in [0.25, 0.3) is 17.2 Å². The molecule has 1 aliphatic heterocycles. The van der Waals surface area contributed by atoms with E-state index in [-0.39, 0.29) is 0 Å². The molecule has 2 aromatic carbocycles. The van der Waals surface area contributed by atoms with Gasteiger partial charge >= 0.3 is 5.97 Å². The minimum Gasteiger partial charge on any atom is -0.491 e. The van der Waals surface area contributed by atoms with Crippen LogP contribution in [0, 0.1) is 0 Å². The Hall–Kier alpha value is -3.58. The van der Waals surface area contributed by atoms with E-state index in [9.17, 15) is 9.90 Å². The van der Waals surface area contributed by atoms with Crippen LogP contribution in [0.2, 0.25) is 0 Å². The zero-order valence-corrected chi connectivity index (χ0v) is 20.4. The maximum Gasteiger partial charge on any atom is 0.331 e. The number of hydrogen-bond acceptors (Lipinski definition) is 5. The standard InChI is InChI=1S/C28H33N3O4/c1-3-4-13-34-14-15-35-26-8-5-22(6-9-26)23-7-10-27-25(16-23)17-24(28(32)33)11-12-31(27)20-21-18-29-30(2)19-21/h5-10,16-19H,3-4,11-15,20H2,1-2H3,(H,32,33). The van der Waals surface area contributed by atoms with Gasteiger partial charge in [0.2, 0.25) is 0 Å². The van der Waals surface area contributed by atoms with Gasteiger partial charge in [0, 0.05) is 49.8 Å². The number of aromatic nitrogens is 2. The van der Waals surface area contributed by atoms with E-state index >= 15 is 0 Å². The number of fused-ring (bicyclic) bond motifs is 1. The summed E-state index contributed by atoms with van der Waals surface area (Å²) in [5, 5.41) is 14.0. The Bertz CT molecular complexity index is 1170. The second-order valence-electron chi connectivity index (χ2n) is 8.78. The number of ether oxygens (including phenoxy) is 2. The molecule has 0 aliphatic carbocycles. The van der Waals surface area contributed by atoms with Gasteiger partial charge in [0.05, 0.1) is 12.8 Å². The number of carboxylic acids is 1. The lowest BCUT2D eigenvalue weighted by atomic mass is 10.00. The van der Waals surface area contributed by atoms with E-state index in [4.69, 9.17) is 9.47 Å². The topological polar surface area (TPSA) is 76.8 Å². The van der Waals surface area contributed by atoms with Crippen LogP contribution in [-0.4, -0.2) is 47.2 Å². The molecular formula is C28H33N3O4. The molecule has 184 valence electrons. The van der Waals surface area contributed by atoms with E-state index in [0.717, 1.165) is 53.1 Å². The number of rotatable bonds is 11. The minimum absolute atomic E-state index is 0.419. The molecule has 0 atom stereocenters. The normalized spacial score (nSPS) is 13.2. The summed E-state index contributed by atoms with van der Waals surface area (Å²) in [5.74, 6) is -0.0666. The number of hydrogen-bond donors (Lipinski definition) is 1. The lowest BCUT2D eigenvalue weighted by Crippen LogP contribution is -2.24. The molecule has 1 aliphatic rings. The Morgan fingerprint density at radius 2 is 1.89 bits per heavy atom. The van der Waals surface area contributed by atoms with Gasteiger partial charge in [-0.25, -0.2) is 4.79 Å². The molecule has 0 unspecified atom stereocenters. The van der Waals surface area contributed by atoms with Crippen molar-refractivity contribution in [1.82, 2.24) is 9.78 Å². The summed E-state index contributed by atoms with van der Waals surface area (Å²) < 4.78 is 13.1. The van der Waals surface area contributed by atoms with Gasteiger partial charge < -0.3 is 19.5 Å². The maximum absolute atomic E-state index is 11.8. The summed E-state index contributed by atoms with van der Waals surface area (Å²) in [6.45, 7) is 5.33. The van der Waals surface area contributed by atoms with Crippen LogP contribution in [0.3, 0.4) is 0 Å². The maximum atomic E-state index is 11.8. The fourth-order valence-corrected chi connectivity index (χ4v) is 4.19. The summed E-state index contributed by atoms with van der Waals surface area (Å²) in [4.78, 5) is 14.0. The first-order chi connectivity index (χ1) is 17.0. The van der Waals surface area contributed by atoms with Crippen molar-refractivity contribution < 1.29 is 19.4 Å². The SMILES string of the molecule is CCCCOCCOc1ccc(-c2ccc3c(c2)C=C(C(=O)O)CCN3Cc2cnn(C)c2)cc1. The summed E-state index contributed by atoms with van der Waals surface area (Å²) in [6, 6.07) is 14.2. The highest BCUT2D eigenvalue weighted by Crippen LogP contribution is 2.33. The molecule has 7 heteroatoms. The second kappa shape index (κ2) is 11.7. The third-order valence-corrected chi connectivity index (χ3v) is 6.08. The van der Waals surface area contributed by atoms with Crippen LogP contribution >= 0.6 is 0 Å². The number of anilines is 1. The highest BCUT2D eigenvalue weighted by molar-refractivity contribution is 5.94. The average molecular weight is 476 g/mol. The number of benzene rings is 2. The smallest absolute Gasteiger partial charge is 0.331 e. The van der Waals surface area contributed by atoms with Crippen LogP contribution in [0.15, 0.2) is 60.4 Å². The largest absolute Gasteiger partial charge is 0.491 e. The molecule has 0 fully saturated rings. The predicted octanol–water partition coefficient (Wildman–Crippen LogP) is 5.16. The van der Waals surface area contributed by atoms with Crippen LogP contribution in [0.4, 0.5) is 5.69 Å². The van der Waals surface area contributed by atoms with E-state index in [2.05, 4.69) is 35.1 Å². The number of aryl methyl sites for hydroxylation is 1. The Labute approximate surface area is 206 Å². The lowest BCUT2D eigenvalue weighted by molar-refractivity contribution is -0.132. The molecule has 0 bridgehead atoms. The number of nitrogens with zero attached hydrogens (tertiary/aromatic N) is 3. The van der Waals surface area contributed by atoms with Crippen molar-refractivity contribution in [2.45, 2.75) is 32.7 Å². The van der Waals surface area contributed by atoms with E-state index in [0.29, 0.717) is 38.3 Å². The molecule has 0 saturated heterocycles. The molecule has 1 aromatic heterocycles. The first kappa shape index (κ1) is 24.5. The third kappa shape index (κ3) is 6.51. The molecule has 3 aromatic rings. The fraction of sp³-hybridized carbons (Fsp3) is 0.357. The average Bonchev–Trinajstić information content (AvgIpc) is 3.18. The first-order valence-electron chi connectivity index (χ1n) is 12.1. The molecule has 0 saturated carbocycles. The Morgan fingerprint density at radius 1 is 1.09 bits per heavy atom. The second-order valence-corrected chi connectivity index (χ2v) is 8.78. The Balaban J connectivity index is 1.51. The van der Waals surface area contributed by atoms with Gasteiger partial charge in [-0.3, -0.25) is 4.68 Å². The third-order valence-electron chi connectivity index (χ3n) is 6.08. The van der Waals surface area contributed by atoms with E-state index in [1.54, 1.807) is 10.8 Å². The molecule has 2 heterocycles. The quantitative estimate of drug-likeness (QED) is 0.386. The zero-order chi connectivity index (χ0) is 24.6. The monoisotopic (exact) mass is 475 g/mol. The molecular weight excluding hydrogens is 442 g/mol. The van der Waals surface area contributed by atoms with Crippen molar-refractivity contribution in [1.29, 1.82) is 0 Å². The molecule has 7 nitrogen and oxygen atoms in total. The van der Waals surface area contributed by atoms with Crippen molar-refractivity contribution in [3.63, 3.8) is 0 Å². The van der Waals surface area contributed by atoms with E-state index in [1.807, 2.05) is 43.7 Å². The van der Waals surface area contributed by atoms with Gasteiger partial charge in [-0.05, 0) is 59.9 Å².